The molecule has 0 aliphatic heterocycles. The first kappa shape index (κ1) is 11.2. The third-order valence-electron chi connectivity index (χ3n) is 1.90. The number of carbonyl (C=O) groups is 1. The number of nitro groups is 1. The van der Waals surface area contributed by atoms with Crippen molar-refractivity contribution in [1.29, 1.82) is 0 Å². The molecule has 0 amide bonds. The van der Waals surface area contributed by atoms with Gasteiger partial charge in [0.05, 0.1) is 6.07 Å². The van der Waals surface area contributed by atoms with E-state index < -0.39 is 4.92 Å². The van der Waals surface area contributed by atoms with Gasteiger partial charge in [0.2, 0.25) is 0 Å². The van der Waals surface area contributed by atoms with Crippen LogP contribution < -0.4 is 0 Å². The van der Waals surface area contributed by atoms with Crippen molar-refractivity contribution >= 4 is 18.2 Å². The lowest BCUT2D eigenvalue weighted by molar-refractivity contribution is -0.402. The summed E-state index contributed by atoms with van der Waals surface area (Å²) in [6.45, 7) is 3.72. The van der Waals surface area contributed by atoms with Gasteiger partial charge in [0.25, 0.3) is 0 Å². The molecule has 1 aromatic rings. The SMILES string of the molecule is CC(C)C(C=O)=Cc1ccc([N+](=O)[O-])o1. The maximum atomic E-state index is 10.6. The number of nitrogens with zero attached hydrogens (tertiary/aromatic N) is 1. The Balaban J connectivity index is 2.97. The zero-order chi connectivity index (χ0) is 11.4. The van der Waals surface area contributed by atoms with Crippen molar-refractivity contribution in [1.82, 2.24) is 0 Å². The van der Waals surface area contributed by atoms with Gasteiger partial charge in [-0.15, -0.1) is 0 Å². The van der Waals surface area contributed by atoms with Crippen LogP contribution in [0.5, 0.6) is 0 Å². The lowest BCUT2D eigenvalue weighted by atomic mass is 10.0. The van der Waals surface area contributed by atoms with Crippen molar-refractivity contribution in [3.05, 3.63) is 33.6 Å². The number of carbonyl (C=O) groups excluding carboxylic acids is 1. The summed E-state index contributed by atoms with van der Waals surface area (Å²) in [5.41, 5.74) is 0.541. The van der Waals surface area contributed by atoms with Gasteiger partial charge in [0.15, 0.2) is 0 Å². The van der Waals surface area contributed by atoms with E-state index in [1.807, 2.05) is 13.8 Å². The minimum atomic E-state index is -0.618. The molecular weight excluding hydrogens is 198 g/mol. The van der Waals surface area contributed by atoms with Crippen LogP contribution in [-0.4, -0.2) is 11.2 Å². The third-order valence-corrected chi connectivity index (χ3v) is 1.90. The highest BCUT2D eigenvalue weighted by Gasteiger charge is 2.11. The van der Waals surface area contributed by atoms with Crippen molar-refractivity contribution in [2.45, 2.75) is 13.8 Å². The molecule has 0 unspecified atom stereocenters. The van der Waals surface area contributed by atoms with Crippen molar-refractivity contribution in [3.63, 3.8) is 0 Å². The highest BCUT2D eigenvalue weighted by atomic mass is 16.6. The summed E-state index contributed by atoms with van der Waals surface area (Å²) in [4.78, 5) is 20.4. The Hall–Kier alpha value is -1.91. The predicted octanol–water partition coefficient (Wildman–Crippen LogP) is 2.43. The van der Waals surface area contributed by atoms with E-state index in [9.17, 15) is 14.9 Å². The smallest absolute Gasteiger partial charge is 0.401 e. The number of furan rings is 1. The zero-order valence-corrected chi connectivity index (χ0v) is 8.47. The quantitative estimate of drug-likeness (QED) is 0.330. The molecule has 0 saturated heterocycles. The van der Waals surface area contributed by atoms with Gasteiger partial charge in [-0.1, -0.05) is 13.8 Å². The molecule has 0 saturated carbocycles. The first-order valence-corrected chi connectivity index (χ1v) is 4.45. The Labute approximate surface area is 86.5 Å². The summed E-state index contributed by atoms with van der Waals surface area (Å²) in [6, 6.07) is 2.72. The van der Waals surface area contributed by atoms with E-state index in [-0.39, 0.29) is 11.8 Å². The average Bonchev–Trinajstić information content (AvgIpc) is 2.61. The molecule has 0 aromatic carbocycles. The van der Waals surface area contributed by atoms with E-state index in [2.05, 4.69) is 0 Å². The summed E-state index contributed by atoms with van der Waals surface area (Å²) in [6.07, 6.45) is 2.23. The van der Waals surface area contributed by atoms with E-state index in [4.69, 9.17) is 4.42 Å². The molecule has 0 spiro atoms. The van der Waals surface area contributed by atoms with E-state index in [1.165, 1.54) is 18.2 Å². The maximum Gasteiger partial charge on any atom is 0.433 e. The van der Waals surface area contributed by atoms with E-state index in [0.717, 1.165) is 6.29 Å². The zero-order valence-electron chi connectivity index (χ0n) is 8.47. The van der Waals surface area contributed by atoms with Crippen LogP contribution in [-0.2, 0) is 4.79 Å². The molecular formula is C10H11NO4. The lowest BCUT2D eigenvalue weighted by Gasteiger charge is -2.00. The molecule has 5 nitrogen and oxygen atoms in total. The molecule has 0 aliphatic rings. The Morgan fingerprint density at radius 2 is 2.20 bits per heavy atom. The first-order chi connectivity index (χ1) is 7.04. The Morgan fingerprint density at radius 3 is 2.60 bits per heavy atom. The molecule has 0 bridgehead atoms. The van der Waals surface area contributed by atoms with Gasteiger partial charge in [-0.3, -0.25) is 14.9 Å². The number of rotatable bonds is 4. The fourth-order valence-electron chi connectivity index (χ4n) is 1.02. The van der Waals surface area contributed by atoms with Crippen molar-refractivity contribution < 1.29 is 14.1 Å². The summed E-state index contributed by atoms with van der Waals surface area (Å²) < 4.78 is 4.89. The fraction of sp³-hybridized carbons (Fsp3) is 0.300. The Morgan fingerprint density at radius 1 is 1.53 bits per heavy atom. The second-order valence-electron chi connectivity index (χ2n) is 3.35. The minimum absolute atomic E-state index is 0.0617. The van der Waals surface area contributed by atoms with E-state index >= 15 is 0 Å². The van der Waals surface area contributed by atoms with Crippen LogP contribution in [0.15, 0.2) is 22.1 Å². The van der Waals surface area contributed by atoms with Gasteiger partial charge in [0.1, 0.15) is 17.0 Å². The van der Waals surface area contributed by atoms with Gasteiger partial charge < -0.3 is 4.42 Å². The Kier molecular flexibility index (Phi) is 3.38. The number of hydrogen-bond donors (Lipinski definition) is 0. The van der Waals surface area contributed by atoms with Gasteiger partial charge in [-0.25, -0.2) is 0 Å². The number of hydrogen-bond acceptors (Lipinski definition) is 4. The van der Waals surface area contributed by atoms with Gasteiger partial charge in [0, 0.05) is 0 Å². The molecule has 1 rings (SSSR count). The number of aldehydes is 1. The molecule has 1 heterocycles. The normalized spacial score (nSPS) is 11.8. The van der Waals surface area contributed by atoms with Crippen molar-refractivity contribution in [2.24, 2.45) is 5.92 Å². The topological polar surface area (TPSA) is 73.3 Å². The van der Waals surface area contributed by atoms with Crippen LogP contribution in [0.1, 0.15) is 19.6 Å². The van der Waals surface area contributed by atoms with Crippen LogP contribution >= 0.6 is 0 Å². The molecule has 0 aliphatic carbocycles. The third kappa shape index (κ3) is 2.77. The lowest BCUT2D eigenvalue weighted by Crippen LogP contribution is -1.94. The summed E-state index contributed by atoms with van der Waals surface area (Å²) >= 11 is 0. The largest absolute Gasteiger partial charge is 0.433 e. The molecule has 0 atom stereocenters. The molecule has 80 valence electrons. The monoisotopic (exact) mass is 209 g/mol. The van der Waals surface area contributed by atoms with Crippen molar-refractivity contribution in [3.8, 4) is 0 Å². The van der Waals surface area contributed by atoms with Crippen LogP contribution in [0.4, 0.5) is 5.88 Å². The number of allylic oxidation sites excluding steroid dienone is 1. The first-order valence-electron chi connectivity index (χ1n) is 4.45. The molecule has 5 heteroatoms. The van der Waals surface area contributed by atoms with E-state index in [0.29, 0.717) is 11.3 Å². The molecule has 1 aromatic heterocycles. The van der Waals surface area contributed by atoms with Crippen LogP contribution in [0.25, 0.3) is 6.08 Å². The molecule has 0 fully saturated rings. The average molecular weight is 209 g/mol. The fourth-order valence-corrected chi connectivity index (χ4v) is 1.02. The van der Waals surface area contributed by atoms with Gasteiger partial charge >= 0.3 is 5.88 Å². The highest BCUT2D eigenvalue weighted by molar-refractivity contribution is 5.81. The van der Waals surface area contributed by atoms with Crippen molar-refractivity contribution in [2.75, 3.05) is 0 Å². The van der Waals surface area contributed by atoms with Crippen LogP contribution in [0.3, 0.4) is 0 Å². The van der Waals surface area contributed by atoms with Gasteiger partial charge in [-0.2, -0.15) is 0 Å². The summed E-state index contributed by atoms with van der Waals surface area (Å²) in [5, 5.41) is 10.3. The Bertz CT molecular complexity index is 403. The maximum absolute atomic E-state index is 10.6. The molecule has 0 N–H and O–H groups in total. The minimum Gasteiger partial charge on any atom is -0.401 e. The second-order valence-corrected chi connectivity index (χ2v) is 3.35. The standard InChI is InChI=1S/C10H11NO4/c1-7(2)8(6-12)5-9-3-4-10(15-9)11(13)14/h3-7H,1-2H3. The summed E-state index contributed by atoms with van der Waals surface area (Å²) in [5.74, 6) is 0.0550. The van der Waals surface area contributed by atoms with E-state index in [1.54, 1.807) is 0 Å². The predicted molar refractivity (Wildman–Crippen MR) is 54.2 cm³/mol. The second kappa shape index (κ2) is 4.54. The highest BCUT2D eigenvalue weighted by Crippen LogP contribution is 2.19. The summed E-state index contributed by atoms with van der Waals surface area (Å²) in [7, 11) is 0. The van der Waals surface area contributed by atoms with Gasteiger partial charge in [-0.05, 0) is 23.6 Å². The van der Waals surface area contributed by atoms with Crippen LogP contribution in [0.2, 0.25) is 0 Å². The van der Waals surface area contributed by atoms with Crippen LogP contribution in [0, 0.1) is 16.0 Å². The molecule has 15 heavy (non-hydrogen) atoms. The molecule has 0 radical (unpaired) electrons.